The Hall–Kier alpha value is -1.66. The van der Waals surface area contributed by atoms with Gasteiger partial charge in [-0.1, -0.05) is 30.3 Å². The molecule has 3 atom stereocenters. The minimum absolute atomic E-state index is 0.0153. The molecule has 5 nitrogen and oxygen atoms in total. The normalized spacial score (nSPS) is 15.0. The summed E-state index contributed by atoms with van der Waals surface area (Å²) in [5, 5.41) is 2.81. The van der Waals surface area contributed by atoms with E-state index in [1.54, 1.807) is 13.8 Å². The Morgan fingerprint density at radius 3 is 2.45 bits per heavy atom. The first-order valence-electron chi connectivity index (χ1n) is 7.49. The first-order chi connectivity index (χ1) is 10.5. The van der Waals surface area contributed by atoms with Gasteiger partial charge in [-0.2, -0.15) is 0 Å². The Morgan fingerprint density at radius 1 is 1.32 bits per heavy atom. The van der Waals surface area contributed by atoms with E-state index in [1.807, 2.05) is 37.3 Å². The van der Waals surface area contributed by atoms with Crippen LogP contribution < -0.4 is 11.0 Å². The molecule has 1 aromatic rings. The van der Waals surface area contributed by atoms with Gasteiger partial charge in [-0.05, 0) is 32.8 Å². The summed E-state index contributed by atoms with van der Waals surface area (Å²) in [5.74, 6) is -0.395. The van der Waals surface area contributed by atoms with Crippen molar-refractivity contribution in [2.75, 3.05) is 0 Å². The van der Waals surface area contributed by atoms with Crippen LogP contribution in [0.3, 0.4) is 0 Å². The van der Waals surface area contributed by atoms with Crippen molar-refractivity contribution in [3.63, 3.8) is 0 Å². The number of ether oxygens (including phenoxy) is 1. The molecule has 1 rings (SSSR count). The molecular weight excluding hydrogens is 279 g/mol. The van der Waals surface area contributed by atoms with Crippen molar-refractivity contribution in [3.05, 3.63) is 35.9 Å². The van der Waals surface area contributed by atoms with Crippen molar-refractivity contribution < 1.29 is 14.3 Å². The molecule has 0 fully saturated rings. The Morgan fingerprint density at radius 2 is 1.95 bits per heavy atom. The molecule has 1 radical (unpaired) electrons. The number of hydrogen-bond acceptors (Lipinski definition) is 5. The summed E-state index contributed by atoms with van der Waals surface area (Å²) in [4.78, 5) is 22.7. The van der Waals surface area contributed by atoms with E-state index in [-0.39, 0.29) is 24.0 Å². The monoisotopic (exact) mass is 303 g/mol. The van der Waals surface area contributed by atoms with E-state index in [1.165, 1.54) is 7.41 Å². The van der Waals surface area contributed by atoms with E-state index < -0.39 is 6.04 Å². The fourth-order valence-electron chi connectivity index (χ4n) is 2.31. The highest BCUT2D eigenvalue weighted by Gasteiger charge is 2.27. The van der Waals surface area contributed by atoms with Crippen molar-refractivity contribution in [2.45, 2.75) is 51.3 Å². The highest BCUT2D eigenvalue weighted by atomic mass is 16.5. The molecule has 6 heteroatoms. The van der Waals surface area contributed by atoms with Crippen LogP contribution >= 0.6 is 0 Å². The first-order valence-corrected chi connectivity index (χ1v) is 7.49. The maximum absolute atomic E-state index is 12.2. The summed E-state index contributed by atoms with van der Waals surface area (Å²) >= 11 is 0. The SMILES string of the molecule is CC(C)OC(=O)[C@@H](C[C@H](c1ccccc1)[C@@H](C)N)N[B]C=O. The van der Waals surface area contributed by atoms with Gasteiger partial charge < -0.3 is 20.5 Å². The zero-order valence-corrected chi connectivity index (χ0v) is 13.4. The van der Waals surface area contributed by atoms with Gasteiger partial charge in [-0.25, -0.2) is 0 Å². The number of hydrogen-bond donors (Lipinski definition) is 2. The zero-order chi connectivity index (χ0) is 16.5. The van der Waals surface area contributed by atoms with Crippen LogP contribution in [-0.2, 0) is 14.3 Å². The lowest BCUT2D eigenvalue weighted by Crippen LogP contribution is -2.44. The summed E-state index contributed by atoms with van der Waals surface area (Å²) in [7, 11) is 1.22. The van der Waals surface area contributed by atoms with Crippen LogP contribution in [0.1, 0.15) is 38.7 Å². The van der Waals surface area contributed by atoms with Gasteiger partial charge in [0.05, 0.1) is 18.3 Å². The van der Waals surface area contributed by atoms with E-state index in [2.05, 4.69) is 5.23 Å². The van der Waals surface area contributed by atoms with E-state index >= 15 is 0 Å². The lowest BCUT2D eigenvalue weighted by molar-refractivity contribution is -0.149. The highest BCUT2D eigenvalue weighted by molar-refractivity contribution is 6.64. The number of rotatable bonds is 9. The second-order valence-corrected chi connectivity index (χ2v) is 5.62. The molecule has 0 unspecified atom stereocenters. The third kappa shape index (κ3) is 5.99. The Balaban J connectivity index is 2.88. The molecule has 0 aliphatic rings. The van der Waals surface area contributed by atoms with Crippen molar-refractivity contribution in [3.8, 4) is 0 Å². The summed E-state index contributed by atoms with van der Waals surface area (Å²) < 4.78 is 5.25. The van der Waals surface area contributed by atoms with Crippen molar-refractivity contribution >= 4 is 19.6 Å². The number of carbonyl (C=O) groups excluding carboxylic acids is 2. The highest BCUT2D eigenvalue weighted by Crippen LogP contribution is 2.24. The lowest BCUT2D eigenvalue weighted by Gasteiger charge is -2.26. The largest absolute Gasteiger partial charge is 0.462 e. The van der Waals surface area contributed by atoms with Crippen LogP contribution in [0.4, 0.5) is 0 Å². The molecule has 119 valence electrons. The van der Waals surface area contributed by atoms with Crippen molar-refractivity contribution in [1.29, 1.82) is 0 Å². The van der Waals surface area contributed by atoms with Crippen LogP contribution in [0.2, 0.25) is 0 Å². The lowest BCUT2D eigenvalue weighted by atomic mass is 9.85. The van der Waals surface area contributed by atoms with Gasteiger partial charge in [0.15, 0.2) is 0 Å². The van der Waals surface area contributed by atoms with Gasteiger partial charge in [-0.15, -0.1) is 0 Å². The third-order valence-electron chi connectivity index (χ3n) is 3.35. The number of nitrogens with two attached hydrogens (primary N) is 1. The van der Waals surface area contributed by atoms with Crippen molar-refractivity contribution in [1.82, 2.24) is 5.23 Å². The topological polar surface area (TPSA) is 81.4 Å². The number of nitrogens with one attached hydrogen (secondary N) is 1. The zero-order valence-electron chi connectivity index (χ0n) is 13.4. The van der Waals surface area contributed by atoms with Gasteiger partial charge in [-0.3, -0.25) is 4.79 Å². The van der Waals surface area contributed by atoms with Gasteiger partial charge in [0.2, 0.25) is 0 Å². The predicted octanol–water partition coefficient (Wildman–Crippen LogP) is 1.23. The van der Waals surface area contributed by atoms with Crippen LogP contribution in [0.15, 0.2) is 30.3 Å². The fraction of sp³-hybridized carbons (Fsp3) is 0.500. The van der Waals surface area contributed by atoms with E-state index in [0.717, 1.165) is 5.56 Å². The number of carbonyl (C=O) groups is 2. The standard InChI is InChI=1S/C16H24BN2O3/c1-11(2)22-16(21)15(19-17-10-20)9-14(12(3)18)13-7-5-4-6-8-13/h4-8,10-12,14-15,19H,9,18H2,1-3H3/t12-,14+,15-/m1/s1. The van der Waals surface area contributed by atoms with E-state index in [4.69, 9.17) is 10.5 Å². The summed E-state index contributed by atoms with van der Waals surface area (Å²) in [6, 6.07) is 9.06. The van der Waals surface area contributed by atoms with Gasteiger partial charge in [0, 0.05) is 12.0 Å². The summed E-state index contributed by atoms with van der Waals surface area (Å²) in [5.41, 5.74) is 7.15. The molecule has 0 aromatic heterocycles. The summed E-state index contributed by atoms with van der Waals surface area (Å²) in [6.07, 6.45) is 0.856. The minimum atomic E-state index is -0.608. The first kappa shape index (κ1) is 18.4. The Kier molecular flexibility index (Phi) is 7.84. The van der Waals surface area contributed by atoms with Gasteiger partial charge >= 0.3 is 5.97 Å². The third-order valence-corrected chi connectivity index (χ3v) is 3.35. The van der Waals surface area contributed by atoms with Crippen molar-refractivity contribution in [2.24, 2.45) is 5.73 Å². The molecule has 3 N–H and O–H groups in total. The second-order valence-electron chi connectivity index (χ2n) is 5.62. The van der Waals surface area contributed by atoms with Gasteiger partial charge in [0.25, 0.3) is 7.41 Å². The van der Waals surface area contributed by atoms with Crippen LogP contribution in [0.5, 0.6) is 0 Å². The molecule has 1 aromatic carbocycles. The van der Waals surface area contributed by atoms with Crippen LogP contribution in [0.25, 0.3) is 0 Å². The average molecular weight is 303 g/mol. The van der Waals surface area contributed by atoms with Crippen LogP contribution in [0, 0.1) is 0 Å². The van der Waals surface area contributed by atoms with Crippen LogP contribution in [-0.4, -0.2) is 37.8 Å². The smallest absolute Gasteiger partial charge is 0.322 e. The Labute approximate surface area is 132 Å². The van der Waals surface area contributed by atoms with E-state index in [9.17, 15) is 9.59 Å². The maximum atomic E-state index is 12.2. The van der Waals surface area contributed by atoms with E-state index in [0.29, 0.717) is 12.6 Å². The molecule has 0 saturated heterocycles. The van der Waals surface area contributed by atoms with Gasteiger partial charge in [0.1, 0.15) is 0 Å². The summed E-state index contributed by atoms with van der Waals surface area (Å²) in [6.45, 7) is 5.49. The fourth-order valence-corrected chi connectivity index (χ4v) is 2.31. The second kappa shape index (κ2) is 9.38. The Bertz CT molecular complexity index is 466. The molecule has 0 saturated carbocycles. The number of esters is 1. The average Bonchev–Trinajstić information content (AvgIpc) is 2.47. The molecule has 0 aliphatic carbocycles. The molecule has 0 bridgehead atoms. The molecular formula is C16H24BN2O3. The minimum Gasteiger partial charge on any atom is -0.462 e. The maximum Gasteiger partial charge on any atom is 0.322 e. The molecule has 22 heavy (non-hydrogen) atoms. The predicted molar refractivity (Wildman–Crippen MR) is 88.1 cm³/mol. The molecule has 0 spiro atoms. The molecule has 0 amide bonds. The molecule has 0 heterocycles. The number of benzene rings is 1. The molecule has 0 aliphatic heterocycles. The quantitative estimate of drug-likeness (QED) is 0.407.